The Morgan fingerprint density at radius 2 is 1.48 bits per heavy atom. The first-order chi connectivity index (χ1) is 12.2. The molecule has 0 heterocycles. The SMILES string of the molecule is O=C(N/N=C\c1ccc(Nc2ccccc2)cc1)c1ccc(F)cc1. The number of rotatable bonds is 5. The molecule has 5 heteroatoms. The van der Waals surface area contributed by atoms with Gasteiger partial charge in [0.15, 0.2) is 0 Å². The lowest BCUT2D eigenvalue weighted by Gasteiger charge is -2.06. The first kappa shape index (κ1) is 16.4. The summed E-state index contributed by atoms with van der Waals surface area (Å²) in [5.74, 6) is -0.775. The number of hydrogen-bond acceptors (Lipinski definition) is 3. The maximum atomic E-state index is 12.8. The van der Waals surface area contributed by atoms with Crippen LogP contribution in [-0.2, 0) is 0 Å². The number of hydrogen-bond donors (Lipinski definition) is 2. The third-order valence-corrected chi connectivity index (χ3v) is 3.46. The van der Waals surface area contributed by atoms with Crippen LogP contribution >= 0.6 is 0 Å². The molecule has 0 unspecified atom stereocenters. The van der Waals surface area contributed by atoms with Crippen LogP contribution in [0.3, 0.4) is 0 Å². The number of hydrazone groups is 1. The van der Waals surface area contributed by atoms with E-state index in [1.54, 1.807) is 6.21 Å². The van der Waals surface area contributed by atoms with E-state index in [2.05, 4.69) is 15.8 Å². The molecule has 4 nitrogen and oxygen atoms in total. The molecule has 0 saturated heterocycles. The van der Waals surface area contributed by atoms with Gasteiger partial charge in [-0.2, -0.15) is 5.10 Å². The first-order valence-electron chi connectivity index (χ1n) is 7.72. The zero-order valence-electron chi connectivity index (χ0n) is 13.3. The highest BCUT2D eigenvalue weighted by Crippen LogP contribution is 2.16. The topological polar surface area (TPSA) is 53.5 Å². The number of nitrogens with one attached hydrogen (secondary N) is 2. The Kier molecular flexibility index (Phi) is 5.16. The fraction of sp³-hybridized carbons (Fsp3) is 0. The normalized spacial score (nSPS) is 10.6. The van der Waals surface area contributed by atoms with Gasteiger partial charge in [-0.1, -0.05) is 30.3 Å². The van der Waals surface area contributed by atoms with Crippen molar-refractivity contribution in [3.05, 3.63) is 95.8 Å². The quantitative estimate of drug-likeness (QED) is 0.539. The molecule has 0 spiro atoms. The molecule has 2 N–H and O–H groups in total. The van der Waals surface area contributed by atoms with Gasteiger partial charge in [0.2, 0.25) is 0 Å². The van der Waals surface area contributed by atoms with Crippen LogP contribution in [0.4, 0.5) is 15.8 Å². The van der Waals surface area contributed by atoms with Crippen molar-refractivity contribution in [2.45, 2.75) is 0 Å². The van der Waals surface area contributed by atoms with Gasteiger partial charge in [-0.25, -0.2) is 9.82 Å². The lowest BCUT2D eigenvalue weighted by Crippen LogP contribution is -2.17. The lowest BCUT2D eigenvalue weighted by molar-refractivity contribution is 0.0955. The van der Waals surface area contributed by atoms with Crippen LogP contribution in [0.1, 0.15) is 15.9 Å². The van der Waals surface area contributed by atoms with Crippen LogP contribution in [0.5, 0.6) is 0 Å². The van der Waals surface area contributed by atoms with Gasteiger partial charge in [-0.05, 0) is 54.1 Å². The maximum absolute atomic E-state index is 12.8. The summed E-state index contributed by atoms with van der Waals surface area (Å²) in [7, 11) is 0. The molecule has 0 aliphatic rings. The number of carbonyl (C=O) groups is 1. The third-order valence-electron chi connectivity index (χ3n) is 3.46. The molecule has 0 atom stereocenters. The molecular weight excluding hydrogens is 317 g/mol. The van der Waals surface area contributed by atoms with Gasteiger partial charge in [0.1, 0.15) is 5.82 Å². The minimum atomic E-state index is -0.390. The fourth-order valence-electron chi connectivity index (χ4n) is 2.17. The summed E-state index contributed by atoms with van der Waals surface area (Å²) in [5, 5.41) is 7.20. The van der Waals surface area contributed by atoms with E-state index in [4.69, 9.17) is 0 Å². The number of para-hydroxylation sites is 1. The van der Waals surface area contributed by atoms with E-state index < -0.39 is 5.91 Å². The maximum Gasteiger partial charge on any atom is 0.271 e. The summed E-state index contributed by atoms with van der Waals surface area (Å²) >= 11 is 0. The second-order valence-electron chi connectivity index (χ2n) is 5.32. The molecule has 3 rings (SSSR count). The highest BCUT2D eigenvalue weighted by molar-refractivity contribution is 5.94. The van der Waals surface area contributed by atoms with E-state index in [9.17, 15) is 9.18 Å². The van der Waals surface area contributed by atoms with Crippen molar-refractivity contribution in [2.24, 2.45) is 5.10 Å². The second kappa shape index (κ2) is 7.88. The number of carbonyl (C=O) groups excluding carboxylic acids is 1. The number of anilines is 2. The molecule has 0 saturated carbocycles. The Bertz CT molecular complexity index is 860. The van der Waals surface area contributed by atoms with E-state index in [1.807, 2.05) is 54.6 Å². The summed E-state index contributed by atoms with van der Waals surface area (Å²) in [6.07, 6.45) is 1.55. The average Bonchev–Trinajstić information content (AvgIpc) is 2.64. The Balaban J connectivity index is 1.56. The van der Waals surface area contributed by atoms with E-state index in [0.717, 1.165) is 16.9 Å². The van der Waals surface area contributed by atoms with Crippen LogP contribution in [-0.4, -0.2) is 12.1 Å². The highest BCUT2D eigenvalue weighted by Gasteiger charge is 2.03. The van der Waals surface area contributed by atoms with Gasteiger partial charge in [-0.15, -0.1) is 0 Å². The monoisotopic (exact) mass is 333 g/mol. The van der Waals surface area contributed by atoms with Crippen molar-refractivity contribution < 1.29 is 9.18 Å². The molecule has 0 aliphatic carbocycles. The van der Waals surface area contributed by atoms with Crippen molar-refractivity contribution >= 4 is 23.5 Å². The number of benzene rings is 3. The smallest absolute Gasteiger partial charge is 0.271 e. The number of halogens is 1. The Morgan fingerprint density at radius 3 is 2.16 bits per heavy atom. The van der Waals surface area contributed by atoms with Gasteiger partial charge >= 0.3 is 0 Å². The van der Waals surface area contributed by atoms with Crippen molar-refractivity contribution in [2.75, 3.05) is 5.32 Å². The summed E-state index contributed by atoms with van der Waals surface area (Å²) in [6.45, 7) is 0. The molecule has 0 aliphatic heterocycles. The van der Waals surface area contributed by atoms with Gasteiger partial charge in [0.25, 0.3) is 5.91 Å². The zero-order chi connectivity index (χ0) is 17.5. The molecule has 0 bridgehead atoms. The predicted octanol–water partition coefficient (Wildman–Crippen LogP) is 4.33. The molecule has 0 aromatic heterocycles. The minimum Gasteiger partial charge on any atom is -0.356 e. The van der Waals surface area contributed by atoms with Gasteiger partial charge in [0.05, 0.1) is 6.21 Å². The largest absolute Gasteiger partial charge is 0.356 e. The Hall–Kier alpha value is -3.47. The van der Waals surface area contributed by atoms with Gasteiger partial charge in [-0.3, -0.25) is 4.79 Å². The Morgan fingerprint density at radius 1 is 0.840 bits per heavy atom. The molecule has 3 aromatic rings. The van der Waals surface area contributed by atoms with E-state index in [1.165, 1.54) is 24.3 Å². The molecule has 0 fully saturated rings. The lowest BCUT2D eigenvalue weighted by atomic mass is 10.2. The van der Waals surface area contributed by atoms with E-state index in [0.29, 0.717) is 5.56 Å². The molecular formula is C20H16FN3O. The van der Waals surface area contributed by atoms with Crippen LogP contribution in [0.2, 0.25) is 0 Å². The molecule has 25 heavy (non-hydrogen) atoms. The third kappa shape index (κ3) is 4.75. The summed E-state index contributed by atoms with van der Waals surface area (Å²) in [4.78, 5) is 11.8. The summed E-state index contributed by atoms with van der Waals surface area (Å²) < 4.78 is 12.8. The molecule has 3 aromatic carbocycles. The zero-order valence-corrected chi connectivity index (χ0v) is 13.3. The van der Waals surface area contributed by atoms with Crippen molar-refractivity contribution in [3.63, 3.8) is 0 Å². The minimum absolute atomic E-state index is 0.348. The predicted molar refractivity (Wildman–Crippen MR) is 97.6 cm³/mol. The molecule has 1 amide bonds. The Labute approximate surface area is 145 Å². The highest BCUT2D eigenvalue weighted by atomic mass is 19.1. The van der Waals surface area contributed by atoms with Crippen LogP contribution < -0.4 is 10.7 Å². The second-order valence-corrected chi connectivity index (χ2v) is 5.32. The van der Waals surface area contributed by atoms with Gasteiger partial charge in [0, 0.05) is 16.9 Å². The average molecular weight is 333 g/mol. The molecule has 124 valence electrons. The van der Waals surface area contributed by atoms with Gasteiger partial charge < -0.3 is 5.32 Å². The van der Waals surface area contributed by atoms with E-state index >= 15 is 0 Å². The van der Waals surface area contributed by atoms with Crippen molar-refractivity contribution in [1.29, 1.82) is 0 Å². The molecule has 0 radical (unpaired) electrons. The van der Waals surface area contributed by atoms with Crippen LogP contribution in [0, 0.1) is 5.82 Å². The summed E-state index contributed by atoms with van der Waals surface area (Å²) in [6, 6.07) is 22.8. The van der Waals surface area contributed by atoms with Crippen molar-refractivity contribution in [1.82, 2.24) is 5.43 Å². The van der Waals surface area contributed by atoms with E-state index in [-0.39, 0.29) is 5.82 Å². The van der Waals surface area contributed by atoms with Crippen LogP contribution in [0.15, 0.2) is 84.0 Å². The number of nitrogens with zero attached hydrogens (tertiary/aromatic N) is 1. The van der Waals surface area contributed by atoms with Crippen molar-refractivity contribution in [3.8, 4) is 0 Å². The standard InChI is InChI=1S/C20H16FN3O/c21-17-10-8-16(9-11-17)20(25)24-22-14-15-6-12-19(13-7-15)23-18-4-2-1-3-5-18/h1-14,23H,(H,24,25)/b22-14-. The number of amides is 1. The van der Waals surface area contributed by atoms with Crippen LogP contribution in [0.25, 0.3) is 0 Å². The fourth-order valence-corrected chi connectivity index (χ4v) is 2.17. The summed E-state index contributed by atoms with van der Waals surface area (Å²) in [5.41, 5.74) is 5.57. The first-order valence-corrected chi connectivity index (χ1v) is 7.72.